The number of benzene rings is 1. The van der Waals surface area contributed by atoms with Crippen LogP contribution in [0, 0.1) is 10.8 Å². The molecule has 2 nitrogen and oxygen atoms in total. The maximum atomic E-state index is 11.9. The summed E-state index contributed by atoms with van der Waals surface area (Å²) in [6, 6.07) is 10.4. The van der Waals surface area contributed by atoms with Gasteiger partial charge in [-0.2, -0.15) is 0 Å². The molecule has 1 aromatic rings. The van der Waals surface area contributed by atoms with Crippen molar-refractivity contribution in [1.29, 1.82) is 0 Å². The first-order valence-electron chi connectivity index (χ1n) is 6.43. The smallest absolute Gasteiger partial charge is 0.311 e. The highest BCUT2D eigenvalue weighted by molar-refractivity contribution is 5.76. The first-order valence-corrected chi connectivity index (χ1v) is 6.43. The molecule has 0 atom stereocenters. The van der Waals surface area contributed by atoms with E-state index < -0.39 is 5.41 Å². The third-order valence-electron chi connectivity index (χ3n) is 4.27. The minimum absolute atomic E-state index is 0.101. The molecule has 1 aromatic carbocycles. The summed E-state index contributed by atoms with van der Waals surface area (Å²) in [5.41, 5.74) is 0.734. The highest BCUT2D eigenvalue weighted by atomic mass is 16.5. The first kappa shape index (κ1) is 14.7. The van der Waals surface area contributed by atoms with Crippen molar-refractivity contribution in [1.82, 2.24) is 0 Å². The number of ether oxygens (including phenoxy) is 1. The molecule has 0 aromatic heterocycles. The molecule has 0 radical (unpaired) electrons. The third-order valence-corrected chi connectivity index (χ3v) is 4.27. The topological polar surface area (TPSA) is 26.3 Å². The first-order chi connectivity index (χ1) is 8.31. The molecule has 0 spiro atoms. The molecule has 0 bridgehead atoms. The zero-order chi connectivity index (χ0) is 13.8. The summed E-state index contributed by atoms with van der Waals surface area (Å²) in [6.07, 6.45) is 1.94. The van der Waals surface area contributed by atoms with Gasteiger partial charge in [-0.1, -0.05) is 44.2 Å². The summed E-state index contributed by atoms with van der Waals surface area (Å²) in [5.74, 6) is -0.138. The lowest BCUT2D eigenvalue weighted by Crippen LogP contribution is -2.40. The molecule has 0 aliphatic heterocycles. The Kier molecular flexibility index (Phi) is 4.55. The van der Waals surface area contributed by atoms with E-state index in [0.717, 1.165) is 12.8 Å². The fraction of sp³-hybridized carbons (Fsp3) is 0.562. The van der Waals surface area contributed by atoms with Crippen LogP contribution in [-0.2, 0) is 16.0 Å². The Labute approximate surface area is 110 Å². The SMILES string of the molecule is COC(=O)C(C)(C)C(C)(C)CCc1ccccc1. The summed E-state index contributed by atoms with van der Waals surface area (Å²) >= 11 is 0. The van der Waals surface area contributed by atoms with Crippen LogP contribution >= 0.6 is 0 Å². The number of esters is 1. The number of methoxy groups -OCH3 is 1. The van der Waals surface area contributed by atoms with Crippen LogP contribution in [0.25, 0.3) is 0 Å². The van der Waals surface area contributed by atoms with Crippen LogP contribution in [-0.4, -0.2) is 13.1 Å². The van der Waals surface area contributed by atoms with Crippen molar-refractivity contribution < 1.29 is 9.53 Å². The molecule has 1 rings (SSSR count). The van der Waals surface area contributed by atoms with Crippen LogP contribution in [0.5, 0.6) is 0 Å². The maximum absolute atomic E-state index is 11.9. The average Bonchev–Trinajstić information content (AvgIpc) is 2.36. The predicted molar refractivity (Wildman–Crippen MR) is 74.3 cm³/mol. The van der Waals surface area contributed by atoms with Crippen molar-refractivity contribution in [2.24, 2.45) is 10.8 Å². The minimum atomic E-state index is -0.476. The molecule has 0 aliphatic rings. The van der Waals surface area contributed by atoms with E-state index in [9.17, 15) is 4.79 Å². The van der Waals surface area contributed by atoms with E-state index in [0.29, 0.717) is 0 Å². The van der Waals surface area contributed by atoms with Gasteiger partial charge < -0.3 is 4.74 Å². The molecule has 18 heavy (non-hydrogen) atoms. The van der Waals surface area contributed by atoms with Gasteiger partial charge in [0.05, 0.1) is 12.5 Å². The molecule has 0 fully saturated rings. The Morgan fingerprint density at radius 3 is 2.17 bits per heavy atom. The van der Waals surface area contributed by atoms with E-state index in [4.69, 9.17) is 4.74 Å². The Hall–Kier alpha value is -1.31. The molecule has 0 N–H and O–H groups in total. The van der Waals surface area contributed by atoms with Gasteiger partial charge in [0.15, 0.2) is 0 Å². The number of rotatable bonds is 5. The van der Waals surface area contributed by atoms with E-state index in [1.165, 1.54) is 12.7 Å². The molecular formula is C16H24O2. The van der Waals surface area contributed by atoms with Gasteiger partial charge in [-0.25, -0.2) is 0 Å². The summed E-state index contributed by atoms with van der Waals surface area (Å²) in [7, 11) is 1.46. The van der Waals surface area contributed by atoms with Gasteiger partial charge in [0.25, 0.3) is 0 Å². The molecule has 2 heteroatoms. The highest BCUT2D eigenvalue weighted by Crippen LogP contribution is 2.42. The zero-order valence-corrected chi connectivity index (χ0v) is 12.1. The van der Waals surface area contributed by atoms with Gasteiger partial charge in [-0.05, 0) is 37.7 Å². The van der Waals surface area contributed by atoms with Gasteiger partial charge >= 0.3 is 5.97 Å². The van der Waals surface area contributed by atoms with Gasteiger partial charge in [-0.3, -0.25) is 4.79 Å². The largest absolute Gasteiger partial charge is 0.469 e. The van der Waals surface area contributed by atoms with Crippen LogP contribution in [0.4, 0.5) is 0 Å². The van der Waals surface area contributed by atoms with E-state index in [2.05, 4.69) is 26.0 Å². The van der Waals surface area contributed by atoms with Crippen LogP contribution in [0.2, 0.25) is 0 Å². The van der Waals surface area contributed by atoms with Crippen LogP contribution in [0.3, 0.4) is 0 Å². The Morgan fingerprint density at radius 2 is 1.67 bits per heavy atom. The third kappa shape index (κ3) is 3.12. The standard InChI is InChI=1S/C16H24O2/c1-15(2,16(3,4)14(17)18-5)12-11-13-9-7-6-8-10-13/h6-10H,11-12H2,1-5H3. The number of aryl methyl sites for hydroxylation is 1. The summed E-state index contributed by atoms with van der Waals surface area (Å²) in [5, 5.41) is 0. The van der Waals surface area contributed by atoms with Crippen LogP contribution < -0.4 is 0 Å². The van der Waals surface area contributed by atoms with Crippen molar-refractivity contribution in [3.63, 3.8) is 0 Å². The van der Waals surface area contributed by atoms with Crippen molar-refractivity contribution in [3.8, 4) is 0 Å². The predicted octanol–water partition coefficient (Wildman–Crippen LogP) is 3.84. The van der Waals surface area contributed by atoms with Gasteiger partial charge in [0.1, 0.15) is 0 Å². The van der Waals surface area contributed by atoms with E-state index >= 15 is 0 Å². The zero-order valence-electron chi connectivity index (χ0n) is 12.1. The van der Waals surface area contributed by atoms with Crippen LogP contribution in [0.15, 0.2) is 30.3 Å². The second kappa shape index (κ2) is 5.55. The Bertz CT molecular complexity index is 391. The van der Waals surface area contributed by atoms with E-state index in [1.807, 2.05) is 32.0 Å². The molecular weight excluding hydrogens is 224 g/mol. The summed E-state index contributed by atoms with van der Waals surface area (Å²) < 4.78 is 4.91. The second-order valence-electron chi connectivity index (χ2n) is 5.99. The molecule has 0 unspecified atom stereocenters. The van der Waals surface area contributed by atoms with E-state index in [1.54, 1.807) is 0 Å². The average molecular weight is 248 g/mol. The Morgan fingerprint density at radius 1 is 1.11 bits per heavy atom. The molecule has 0 aliphatic carbocycles. The number of carbonyl (C=O) groups is 1. The van der Waals surface area contributed by atoms with Gasteiger partial charge in [0, 0.05) is 0 Å². The number of hydrogen-bond acceptors (Lipinski definition) is 2. The molecule has 0 saturated carbocycles. The van der Waals surface area contributed by atoms with Crippen molar-refractivity contribution in [3.05, 3.63) is 35.9 Å². The molecule has 0 heterocycles. The number of hydrogen-bond donors (Lipinski definition) is 0. The molecule has 0 saturated heterocycles. The lowest BCUT2D eigenvalue weighted by atomic mass is 9.65. The van der Waals surface area contributed by atoms with Gasteiger partial charge in [-0.15, -0.1) is 0 Å². The van der Waals surface area contributed by atoms with Gasteiger partial charge in [0.2, 0.25) is 0 Å². The normalized spacial score (nSPS) is 12.3. The maximum Gasteiger partial charge on any atom is 0.311 e. The fourth-order valence-electron chi connectivity index (χ4n) is 1.95. The highest BCUT2D eigenvalue weighted by Gasteiger charge is 2.43. The lowest BCUT2D eigenvalue weighted by Gasteiger charge is -2.39. The lowest BCUT2D eigenvalue weighted by molar-refractivity contribution is -0.158. The molecule has 100 valence electrons. The van der Waals surface area contributed by atoms with Crippen molar-refractivity contribution >= 4 is 5.97 Å². The minimum Gasteiger partial charge on any atom is -0.469 e. The summed E-state index contributed by atoms with van der Waals surface area (Å²) in [4.78, 5) is 11.9. The summed E-state index contributed by atoms with van der Waals surface area (Å²) in [6.45, 7) is 8.19. The monoisotopic (exact) mass is 248 g/mol. The number of carbonyl (C=O) groups excluding carboxylic acids is 1. The van der Waals surface area contributed by atoms with E-state index in [-0.39, 0.29) is 11.4 Å². The Balaban J connectivity index is 2.73. The second-order valence-corrected chi connectivity index (χ2v) is 5.99. The quantitative estimate of drug-likeness (QED) is 0.740. The fourth-order valence-corrected chi connectivity index (χ4v) is 1.95. The van der Waals surface area contributed by atoms with Crippen molar-refractivity contribution in [2.45, 2.75) is 40.5 Å². The molecule has 0 amide bonds. The van der Waals surface area contributed by atoms with Crippen LogP contribution in [0.1, 0.15) is 39.7 Å². The van der Waals surface area contributed by atoms with Crippen molar-refractivity contribution in [2.75, 3.05) is 7.11 Å².